The van der Waals surface area contributed by atoms with E-state index in [2.05, 4.69) is 37.9 Å². The first-order valence-electron chi connectivity index (χ1n) is 8.55. The van der Waals surface area contributed by atoms with Crippen LogP contribution in [0.3, 0.4) is 0 Å². The first kappa shape index (κ1) is 18.8. The Morgan fingerprint density at radius 1 is 1.00 bits per heavy atom. The number of hydrogen-bond donors (Lipinski definition) is 0. The van der Waals surface area contributed by atoms with Crippen molar-refractivity contribution in [2.45, 2.75) is 13.1 Å². The van der Waals surface area contributed by atoms with Crippen molar-refractivity contribution in [2.75, 3.05) is 33.3 Å². The van der Waals surface area contributed by atoms with Crippen LogP contribution in [0.4, 0.5) is 5.69 Å². The van der Waals surface area contributed by atoms with Gasteiger partial charge in [-0.3, -0.25) is 19.9 Å². The molecule has 1 saturated heterocycles. The van der Waals surface area contributed by atoms with Crippen LogP contribution in [0.1, 0.15) is 11.1 Å². The molecule has 0 saturated carbocycles. The molecule has 0 aliphatic carbocycles. The molecule has 0 N–H and O–H groups in total. The van der Waals surface area contributed by atoms with Gasteiger partial charge in [-0.2, -0.15) is 0 Å². The van der Waals surface area contributed by atoms with Crippen molar-refractivity contribution in [2.24, 2.45) is 0 Å². The summed E-state index contributed by atoms with van der Waals surface area (Å²) >= 11 is 3.54. The lowest BCUT2D eigenvalue weighted by atomic mass is 10.1. The Labute approximate surface area is 161 Å². The van der Waals surface area contributed by atoms with Crippen molar-refractivity contribution in [1.29, 1.82) is 0 Å². The van der Waals surface area contributed by atoms with Crippen LogP contribution in [0.5, 0.6) is 5.75 Å². The third kappa shape index (κ3) is 4.81. The Bertz CT molecular complexity index is 759. The van der Waals surface area contributed by atoms with E-state index in [0.717, 1.165) is 55.1 Å². The van der Waals surface area contributed by atoms with Gasteiger partial charge in [0.25, 0.3) is 5.69 Å². The van der Waals surface area contributed by atoms with E-state index in [-0.39, 0.29) is 10.6 Å². The highest BCUT2D eigenvalue weighted by molar-refractivity contribution is 9.10. The standard InChI is InChI=1S/C19H22BrN3O3/c1-26-19-7-4-16(12-18(19)20)14-22-10-8-21(9-11-22)13-15-2-5-17(6-3-15)23(24)25/h2-7,12H,8-11,13-14H2,1H3. The molecule has 0 radical (unpaired) electrons. The van der Waals surface area contributed by atoms with Crippen molar-refractivity contribution in [3.05, 3.63) is 68.2 Å². The van der Waals surface area contributed by atoms with E-state index in [1.165, 1.54) is 5.56 Å². The number of methoxy groups -OCH3 is 1. The number of rotatable bonds is 6. The van der Waals surface area contributed by atoms with Crippen LogP contribution in [0.25, 0.3) is 0 Å². The fourth-order valence-electron chi connectivity index (χ4n) is 3.15. The second kappa shape index (κ2) is 8.62. The zero-order valence-corrected chi connectivity index (χ0v) is 16.3. The van der Waals surface area contributed by atoms with E-state index < -0.39 is 0 Å². The van der Waals surface area contributed by atoms with E-state index in [1.54, 1.807) is 19.2 Å². The molecule has 7 heteroatoms. The minimum absolute atomic E-state index is 0.143. The number of nitro groups is 1. The number of non-ortho nitro benzene ring substituents is 1. The highest BCUT2D eigenvalue weighted by Gasteiger charge is 2.18. The molecule has 2 aromatic rings. The van der Waals surface area contributed by atoms with Crippen LogP contribution < -0.4 is 4.74 Å². The fourth-order valence-corrected chi connectivity index (χ4v) is 3.74. The largest absolute Gasteiger partial charge is 0.496 e. The fraction of sp³-hybridized carbons (Fsp3) is 0.368. The van der Waals surface area contributed by atoms with Gasteiger partial charge >= 0.3 is 0 Å². The van der Waals surface area contributed by atoms with E-state index in [4.69, 9.17) is 4.74 Å². The minimum atomic E-state index is -0.361. The van der Waals surface area contributed by atoms with Crippen LogP contribution in [0.2, 0.25) is 0 Å². The van der Waals surface area contributed by atoms with Crippen LogP contribution in [-0.4, -0.2) is 48.0 Å². The van der Waals surface area contributed by atoms with E-state index in [0.29, 0.717) is 0 Å². The Morgan fingerprint density at radius 3 is 2.04 bits per heavy atom. The van der Waals surface area contributed by atoms with Gasteiger partial charge in [0.05, 0.1) is 16.5 Å². The van der Waals surface area contributed by atoms with Crippen LogP contribution in [0.15, 0.2) is 46.9 Å². The SMILES string of the molecule is COc1ccc(CN2CCN(Cc3ccc([N+](=O)[O-])cc3)CC2)cc1Br. The zero-order chi connectivity index (χ0) is 18.5. The Kier molecular flexibility index (Phi) is 6.24. The molecular weight excluding hydrogens is 398 g/mol. The lowest BCUT2D eigenvalue weighted by molar-refractivity contribution is -0.384. The van der Waals surface area contributed by atoms with Crippen LogP contribution in [-0.2, 0) is 13.1 Å². The molecule has 3 rings (SSSR count). The summed E-state index contributed by atoms with van der Waals surface area (Å²) in [5, 5.41) is 10.7. The molecule has 6 nitrogen and oxygen atoms in total. The number of benzene rings is 2. The number of hydrogen-bond acceptors (Lipinski definition) is 5. The summed E-state index contributed by atoms with van der Waals surface area (Å²) in [6.07, 6.45) is 0. The van der Waals surface area contributed by atoms with Crippen LogP contribution >= 0.6 is 15.9 Å². The number of nitrogens with zero attached hydrogens (tertiary/aromatic N) is 3. The molecule has 1 heterocycles. The van der Waals surface area contributed by atoms with Gasteiger partial charge in [0.15, 0.2) is 0 Å². The van der Waals surface area contributed by atoms with Crippen molar-refractivity contribution in [3.63, 3.8) is 0 Å². The number of piperazine rings is 1. The Morgan fingerprint density at radius 2 is 1.54 bits per heavy atom. The molecule has 0 spiro atoms. The summed E-state index contributed by atoms with van der Waals surface area (Å²) in [5.74, 6) is 0.849. The van der Waals surface area contributed by atoms with Crippen molar-refractivity contribution < 1.29 is 9.66 Å². The highest BCUT2D eigenvalue weighted by Crippen LogP contribution is 2.26. The quantitative estimate of drug-likeness (QED) is 0.527. The third-order valence-corrected chi connectivity index (χ3v) is 5.26. The average Bonchev–Trinajstić information content (AvgIpc) is 2.64. The summed E-state index contributed by atoms with van der Waals surface area (Å²) in [5.41, 5.74) is 2.52. The molecule has 0 atom stereocenters. The number of nitro benzene ring substituents is 1. The smallest absolute Gasteiger partial charge is 0.269 e. The maximum absolute atomic E-state index is 10.7. The summed E-state index contributed by atoms with van der Waals surface area (Å²) < 4.78 is 6.26. The van der Waals surface area contributed by atoms with Gasteiger partial charge in [0.2, 0.25) is 0 Å². The van der Waals surface area contributed by atoms with Crippen molar-refractivity contribution >= 4 is 21.6 Å². The van der Waals surface area contributed by atoms with E-state index in [9.17, 15) is 10.1 Å². The van der Waals surface area contributed by atoms with Gasteiger partial charge < -0.3 is 4.74 Å². The number of ether oxygens (including phenoxy) is 1. The topological polar surface area (TPSA) is 58.8 Å². The summed E-state index contributed by atoms with van der Waals surface area (Å²) in [7, 11) is 1.67. The Balaban J connectivity index is 1.49. The molecule has 0 amide bonds. The molecular formula is C19H22BrN3O3. The second-order valence-corrected chi connectivity index (χ2v) is 7.30. The molecule has 1 aliphatic heterocycles. The Hall–Kier alpha value is -1.96. The average molecular weight is 420 g/mol. The van der Waals surface area contributed by atoms with Crippen molar-refractivity contribution in [3.8, 4) is 5.75 Å². The van der Waals surface area contributed by atoms with Crippen molar-refractivity contribution in [1.82, 2.24) is 9.80 Å². The highest BCUT2D eigenvalue weighted by atomic mass is 79.9. The maximum Gasteiger partial charge on any atom is 0.269 e. The lowest BCUT2D eigenvalue weighted by Gasteiger charge is -2.34. The van der Waals surface area contributed by atoms with Crippen LogP contribution in [0, 0.1) is 10.1 Å². The van der Waals surface area contributed by atoms with Gasteiger partial charge in [-0.1, -0.05) is 18.2 Å². The summed E-state index contributed by atoms with van der Waals surface area (Å²) in [4.78, 5) is 15.2. The predicted molar refractivity (Wildman–Crippen MR) is 104 cm³/mol. The molecule has 1 aliphatic rings. The molecule has 2 aromatic carbocycles. The van der Waals surface area contributed by atoms with Gasteiger partial charge in [0, 0.05) is 51.4 Å². The lowest BCUT2D eigenvalue weighted by Crippen LogP contribution is -2.45. The molecule has 0 unspecified atom stereocenters. The van der Waals surface area contributed by atoms with Gasteiger partial charge in [-0.05, 0) is 39.2 Å². The molecule has 0 bridgehead atoms. The summed E-state index contributed by atoms with van der Waals surface area (Å²) in [6, 6.07) is 13.1. The second-order valence-electron chi connectivity index (χ2n) is 6.44. The van der Waals surface area contributed by atoms with E-state index in [1.807, 2.05) is 18.2 Å². The monoisotopic (exact) mass is 419 g/mol. The first-order valence-corrected chi connectivity index (χ1v) is 9.35. The van der Waals surface area contributed by atoms with Gasteiger partial charge in [-0.25, -0.2) is 0 Å². The number of halogens is 1. The van der Waals surface area contributed by atoms with Gasteiger partial charge in [-0.15, -0.1) is 0 Å². The summed E-state index contributed by atoms with van der Waals surface area (Å²) in [6.45, 7) is 5.77. The molecule has 138 valence electrons. The molecule has 0 aromatic heterocycles. The van der Waals surface area contributed by atoms with E-state index >= 15 is 0 Å². The minimum Gasteiger partial charge on any atom is -0.496 e. The molecule has 1 fully saturated rings. The third-order valence-electron chi connectivity index (χ3n) is 4.64. The molecule has 26 heavy (non-hydrogen) atoms. The maximum atomic E-state index is 10.7. The normalized spacial score (nSPS) is 15.8. The van der Waals surface area contributed by atoms with Gasteiger partial charge in [0.1, 0.15) is 5.75 Å². The first-order chi connectivity index (χ1) is 12.5. The predicted octanol–water partition coefficient (Wildman–Crippen LogP) is 3.68. The zero-order valence-electron chi connectivity index (χ0n) is 14.7.